The molecule has 2 nitrogen and oxygen atoms in total. The SMILES string of the molecule is CCc1cc(CC)n(Cc2cc(F)ccc2Cl)n1. The van der Waals surface area contributed by atoms with Crippen molar-refractivity contribution in [3.05, 3.63) is 52.1 Å². The molecule has 1 aromatic carbocycles. The van der Waals surface area contributed by atoms with Crippen LogP contribution in [-0.4, -0.2) is 9.78 Å². The summed E-state index contributed by atoms with van der Waals surface area (Å²) in [6, 6.07) is 6.51. The van der Waals surface area contributed by atoms with E-state index in [1.165, 1.54) is 12.1 Å². The number of rotatable bonds is 4. The minimum Gasteiger partial charge on any atom is -0.265 e. The van der Waals surface area contributed by atoms with Gasteiger partial charge in [-0.1, -0.05) is 25.4 Å². The standard InChI is InChI=1S/C14H16ClFN2/c1-3-12-8-13(4-2)18(17-12)9-10-7-11(16)5-6-14(10)15/h5-8H,3-4,9H2,1-2H3. The van der Waals surface area contributed by atoms with Crippen LogP contribution in [0.2, 0.25) is 5.02 Å². The Labute approximate surface area is 111 Å². The molecule has 0 spiro atoms. The van der Waals surface area contributed by atoms with E-state index >= 15 is 0 Å². The number of benzene rings is 1. The van der Waals surface area contributed by atoms with Crippen molar-refractivity contribution in [2.24, 2.45) is 0 Å². The van der Waals surface area contributed by atoms with E-state index < -0.39 is 0 Å². The molecule has 0 unspecified atom stereocenters. The van der Waals surface area contributed by atoms with E-state index in [-0.39, 0.29) is 5.82 Å². The molecule has 2 aromatic rings. The Morgan fingerprint density at radius 1 is 1.22 bits per heavy atom. The first-order valence-corrected chi connectivity index (χ1v) is 6.51. The molecule has 0 saturated heterocycles. The van der Waals surface area contributed by atoms with Crippen LogP contribution in [0.1, 0.15) is 30.8 Å². The summed E-state index contributed by atoms with van der Waals surface area (Å²) in [4.78, 5) is 0. The van der Waals surface area contributed by atoms with Crippen molar-refractivity contribution in [2.45, 2.75) is 33.2 Å². The van der Waals surface area contributed by atoms with Gasteiger partial charge in [0.05, 0.1) is 12.2 Å². The van der Waals surface area contributed by atoms with Crippen molar-refractivity contribution in [1.29, 1.82) is 0 Å². The van der Waals surface area contributed by atoms with Gasteiger partial charge in [-0.05, 0) is 42.7 Å². The van der Waals surface area contributed by atoms with Gasteiger partial charge in [0.15, 0.2) is 0 Å². The topological polar surface area (TPSA) is 17.8 Å². The van der Waals surface area contributed by atoms with Crippen LogP contribution < -0.4 is 0 Å². The maximum atomic E-state index is 13.2. The van der Waals surface area contributed by atoms with Gasteiger partial charge in [0.1, 0.15) is 5.82 Å². The lowest BCUT2D eigenvalue weighted by atomic mass is 10.2. The third kappa shape index (κ3) is 2.72. The van der Waals surface area contributed by atoms with Crippen LogP contribution in [0.5, 0.6) is 0 Å². The maximum Gasteiger partial charge on any atom is 0.123 e. The van der Waals surface area contributed by atoms with Gasteiger partial charge in [-0.15, -0.1) is 0 Å². The number of nitrogens with zero attached hydrogens (tertiary/aromatic N) is 2. The molecule has 4 heteroatoms. The van der Waals surface area contributed by atoms with Gasteiger partial charge in [-0.3, -0.25) is 4.68 Å². The highest BCUT2D eigenvalue weighted by molar-refractivity contribution is 6.31. The monoisotopic (exact) mass is 266 g/mol. The number of aryl methyl sites for hydroxylation is 2. The molecule has 1 aromatic heterocycles. The first kappa shape index (κ1) is 13.1. The third-order valence-electron chi connectivity index (χ3n) is 2.97. The van der Waals surface area contributed by atoms with E-state index in [1.54, 1.807) is 6.07 Å². The molecule has 1 heterocycles. The number of hydrogen-bond acceptors (Lipinski definition) is 1. The van der Waals surface area contributed by atoms with E-state index in [2.05, 4.69) is 25.0 Å². The van der Waals surface area contributed by atoms with Crippen molar-refractivity contribution >= 4 is 11.6 Å². The fourth-order valence-corrected chi connectivity index (χ4v) is 2.11. The van der Waals surface area contributed by atoms with Gasteiger partial charge in [0.25, 0.3) is 0 Å². The highest BCUT2D eigenvalue weighted by Gasteiger charge is 2.08. The largest absolute Gasteiger partial charge is 0.265 e. The van der Waals surface area contributed by atoms with E-state index in [1.807, 2.05) is 4.68 Å². The van der Waals surface area contributed by atoms with E-state index in [4.69, 9.17) is 11.6 Å². The lowest BCUT2D eigenvalue weighted by molar-refractivity contribution is 0.611. The third-order valence-corrected chi connectivity index (χ3v) is 3.33. The molecule has 0 radical (unpaired) electrons. The second-order valence-electron chi connectivity index (χ2n) is 4.23. The molecule has 0 aliphatic carbocycles. The van der Waals surface area contributed by atoms with Crippen LogP contribution in [0.25, 0.3) is 0 Å². The van der Waals surface area contributed by atoms with E-state index in [0.29, 0.717) is 11.6 Å². The van der Waals surface area contributed by atoms with Crippen molar-refractivity contribution < 1.29 is 4.39 Å². The summed E-state index contributed by atoms with van der Waals surface area (Å²) in [6.45, 7) is 4.67. The zero-order valence-electron chi connectivity index (χ0n) is 10.6. The number of halogens is 2. The summed E-state index contributed by atoms with van der Waals surface area (Å²) >= 11 is 6.07. The number of aromatic nitrogens is 2. The van der Waals surface area contributed by atoms with Crippen LogP contribution in [0, 0.1) is 5.82 Å². The second-order valence-corrected chi connectivity index (χ2v) is 4.63. The van der Waals surface area contributed by atoms with Crippen molar-refractivity contribution in [3.8, 4) is 0 Å². The minimum absolute atomic E-state index is 0.268. The molecule has 96 valence electrons. The molecule has 0 fully saturated rings. The normalized spacial score (nSPS) is 10.9. The smallest absolute Gasteiger partial charge is 0.123 e. The second kappa shape index (κ2) is 5.53. The first-order chi connectivity index (χ1) is 8.63. The maximum absolute atomic E-state index is 13.2. The fourth-order valence-electron chi connectivity index (χ4n) is 1.94. The lowest BCUT2D eigenvalue weighted by Gasteiger charge is -2.08. The van der Waals surface area contributed by atoms with Crippen LogP contribution >= 0.6 is 11.6 Å². The lowest BCUT2D eigenvalue weighted by Crippen LogP contribution is -2.06. The van der Waals surface area contributed by atoms with Gasteiger partial charge in [-0.2, -0.15) is 5.10 Å². The zero-order valence-corrected chi connectivity index (χ0v) is 11.3. The van der Waals surface area contributed by atoms with Crippen LogP contribution in [0.3, 0.4) is 0 Å². The summed E-state index contributed by atoms with van der Waals surface area (Å²) < 4.78 is 15.1. The molecule has 18 heavy (non-hydrogen) atoms. The predicted molar refractivity (Wildman–Crippen MR) is 71.5 cm³/mol. The van der Waals surface area contributed by atoms with Crippen molar-refractivity contribution in [1.82, 2.24) is 9.78 Å². The van der Waals surface area contributed by atoms with Gasteiger partial charge >= 0.3 is 0 Å². The van der Waals surface area contributed by atoms with E-state index in [9.17, 15) is 4.39 Å². The molecule has 0 aliphatic rings. The Hall–Kier alpha value is -1.35. The van der Waals surface area contributed by atoms with Crippen LogP contribution in [-0.2, 0) is 19.4 Å². The summed E-state index contributed by atoms with van der Waals surface area (Å²) in [5, 5.41) is 5.08. The minimum atomic E-state index is -0.268. The first-order valence-electron chi connectivity index (χ1n) is 6.13. The van der Waals surface area contributed by atoms with Crippen LogP contribution in [0.15, 0.2) is 24.3 Å². The molecular weight excluding hydrogens is 251 g/mol. The summed E-state index contributed by atoms with van der Waals surface area (Å²) in [5.74, 6) is -0.268. The molecule has 0 saturated carbocycles. The Kier molecular flexibility index (Phi) is 4.02. The molecule has 0 bridgehead atoms. The quantitative estimate of drug-likeness (QED) is 0.822. The molecule has 0 amide bonds. The highest BCUT2D eigenvalue weighted by Crippen LogP contribution is 2.19. The van der Waals surface area contributed by atoms with Crippen molar-refractivity contribution in [3.63, 3.8) is 0 Å². The number of hydrogen-bond donors (Lipinski definition) is 0. The summed E-state index contributed by atoms with van der Waals surface area (Å²) in [5.41, 5.74) is 2.96. The van der Waals surface area contributed by atoms with Gasteiger partial charge in [0, 0.05) is 10.7 Å². The van der Waals surface area contributed by atoms with E-state index in [0.717, 1.165) is 29.8 Å². The molecule has 0 N–H and O–H groups in total. The zero-order chi connectivity index (χ0) is 13.1. The molecule has 0 aliphatic heterocycles. The van der Waals surface area contributed by atoms with Gasteiger partial charge < -0.3 is 0 Å². The Balaban J connectivity index is 2.32. The van der Waals surface area contributed by atoms with Gasteiger partial charge in [0.2, 0.25) is 0 Å². The summed E-state index contributed by atoms with van der Waals surface area (Å²) in [7, 11) is 0. The summed E-state index contributed by atoms with van der Waals surface area (Å²) in [6.07, 6.45) is 1.80. The van der Waals surface area contributed by atoms with Crippen molar-refractivity contribution in [2.75, 3.05) is 0 Å². The molecule has 0 atom stereocenters. The van der Waals surface area contributed by atoms with Gasteiger partial charge in [-0.25, -0.2) is 4.39 Å². The fraction of sp³-hybridized carbons (Fsp3) is 0.357. The van der Waals surface area contributed by atoms with Crippen LogP contribution in [0.4, 0.5) is 4.39 Å². The average Bonchev–Trinajstić information content (AvgIpc) is 2.76. The molecule has 2 rings (SSSR count). The predicted octanol–water partition coefficient (Wildman–Crippen LogP) is 3.85. The average molecular weight is 267 g/mol. The Morgan fingerprint density at radius 3 is 2.67 bits per heavy atom. The Bertz CT molecular complexity index is 549. The highest BCUT2D eigenvalue weighted by atomic mass is 35.5. The Morgan fingerprint density at radius 2 is 2.00 bits per heavy atom. The molecular formula is C14H16ClFN2.